The van der Waals surface area contributed by atoms with Crippen LogP contribution in [0.25, 0.3) is 0 Å². The predicted octanol–water partition coefficient (Wildman–Crippen LogP) is -0.961. The molecule has 19 heteroatoms. The number of non-ortho nitro benzene ring substituents is 1. The number of rotatable bonds is 8. The van der Waals surface area contributed by atoms with Crippen LogP contribution in [0, 0.1) is 13.7 Å². The Balaban J connectivity index is 2.03. The quantitative estimate of drug-likeness (QED) is 0.0891. The van der Waals surface area contributed by atoms with Gasteiger partial charge in [-0.05, 0) is 66.0 Å². The number of nitro benzene ring substituents is 1. The van der Waals surface area contributed by atoms with Crippen molar-refractivity contribution in [2.45, 2.75) is 62.7 Å². The van der Waals surface area contributed by atoms with Gasteiger partial charge in [-0.1, -0.05) is 12.1 Å². The molecule has 0 aliphatic carbocycles. The number of halogens is 1. The lowest BCUT2D eigenvalue weighted by molar-refractivity contribution is -0.385. The Morgan fingerprint density at radius 1 is 0.918 bits per heavy atom. The van der Waals surface area contributed by atoms with Crippen LogP contribution < -0.4 is 38.1 Å². The Morgan fingerprint density at radius 3 is 2.16 bits per heavy atom. The van der Waals surface area contributed by atoms with Crippen molar-refractivity contribution in [1.29, 1.82) is 0 Å². The number of aromatic hydroxyl groups is 1. The van der Waals surface area contributed by atoms with E-state index < -0.39 is 76.8 Å². The van der Waals surface area contributed by atoms with Crippen LogP contribution in [0.15, 0.2) is 36.4 Å². The molecule has 2 aromatic rings. The molecule has 0 fully saturated rings. The van der Waals surface area contributed by atoms with Crippen LogP contribution in [0.1, 0.15) is 48.0 Å². The Morgan fingerprint density at radius 2 is 1.55 bits per heavy atom. The fourth-order valence-electron chi connectivity index (χ4n) is 4.91. The molecule has 1 aliphatic heterocycles. The van der Waals surface area contributed by atoms with Crippen LogP contribution in [0.4, 0.5) is 11.4 Å². The minimum Gasteiger partial charge on any atom is -0.508 e. The fraction of sp³-hybridized carbons (Fsp3) is 0.400. The third-order valence-electron chi connectivity index (χ3n) is 7.54. The average Bonchev–Trinajstić information content (AvgIpc) is 3.04. The Bertz CT molecular complexity index is 1590. The van der Waals surface area contributed by atoms with Crippen molar-refractivity contribution in [3.63, 3.8) is 0 Å². The Labute approximate surface area is 293 Å². The smallest absolute Gasteiger partial charge is 0.271 e. The minimum absolute atomic E-state index is 0.0446. The standard InChI is InChI=1S/C30H37IN8O10/c31-19-13-16(39(48)49)12-18-25(19)34-10-2-1-3-20(26(33)43)35-29(46)22(11-15-4-6-17(41)7-5-15)37-28(45)21(8-9-24(32)42)36-30(47)23(14-40)38-27(18)44/h4-7,12-13,20-23,34,40-41H,1-3,8-11,14H2,(H2,32,42)(H2,33,43)(H,35,46)(H,36,47)(H,37,45)(H,38,44)/t20-,21-,22-,23-/m0/s1. The predicted molar refractivity (Wildman–Crippen MR) is 182 cm³/mol. The van der Waals surface area contributed by atoms with Crippen molar-refractivity contribution in [3.05, 3.63) is 61.2 Å². The molecule has 1 heterocycles. The van der Waals surface area contributed by atoms with Gasteiger partial charge in [0.1, 0.15) is 29.9 Å². The lowest BCUT2D eigenvalue weighted by Crippen LogP contribution is -2.59. The summed E-state index contributed by atoms with van der Waals surface area (Å²) in [5, 5.41) is 44.1. The topological polar surface area (TPSA) is 298 Å². The highest BCUT2D eigenvalue weighted by atomic mass is 127. The number of fused-ring (bicyclic) bond motifs is 1. The van der Waals surface area contributed by atoms with Crippen molar-refractivity contribution >= 4 is 69.4 Å². The van der Waals surface area contributed by atoms with Gasteiger partial charge >= 0.3 is 0 Å². The van der Waals surface area contributed by atoms with E-state index >= 15 is 0 Å². The summed E-state index contributed by atoms with van der Waals surface area (Å²) < 4.78 is 0.304. The number of nitrogens with one attached hydrogen (secondary N) is 5. The van der Waals surface area contributed by atoms with Gasteiger partial charge < -0.3 is 48.3 Å². The number of aliphatic hydroxyl groups is 1. The van der Waals surface area contributed by atoms with Gasteiger partial charge in [-0.3, -0.25) is 38.9 Å². The maximum atomic E-state index is 13.6. The fourth-order valence-corrected chi connectivity index (χ4v) is 5.71. The van der Waals surface area contributed by atoms with Gasteiger partial charge in [0.05, 0.1) is 22.8 Å². The van der Waals surface area contributed by atoms with E-state index in [1.165, 1.54) is 30.3 Å². The second-order valence-electron chi connectivity index (χ2n) is 11.2. The van der Waals surface area contributed by atoms with E-state index in [1.807, 2.05) is 0 Å². The number of anilines is 1. The number of hydrogen-bond donors (Lipinski definition) is 9. The number of benzene rings is 2. The van der Waals surface area contributed by atoms with E-state index in [2.05, 4.69) is 26.6 Å². The van der Waals surface area contributed by atoms with Gasteiger partial charge in [0.15, 0.2) is 0 Å². The van der Waals surface area contributed by atoms with Crippen LogP contribution in [0.3, 0.4) is 0 Å². The Kier molecular flexibility index (Phi) is 14.0. The number of amides is 6. The number of carbonyl (C=O) groups is 6. The number of aliphatic hydroxyl groups excluding tert-OH is 1. The number of nitrogens with two attached hydrogens (primary N) is 2. The van der Waals surface area contributed by atoms with Gasteiger partial charge in [0.2, 0.25) is 29.5 Å². The number of nitrogens with zero attached hydrogens (tertiary/aromatic N) is 1. The summed E-state index contributed by atoms with van der Waals surface area (Å²) in [6.45, 7) is -0.727. The zero-order valence-electron chi connectivity index (χ0n) is 26.1. The molecule has 0 saturated heterocycles. The van der Waals surface area contributed by atoms with E-state index in [-0.39, 0.29) is 49.2 Å². The molecule has 0 spiro atoms. The largest absolute Gasteiger partial charge is 0.508 e. The zero-order chi connectivity index (χ0) is 36.2. The summed E-state index contributed by atoms with van der Waals surface area (Å²) in [6.07, 6.45) is -0.00142. The molecule has 3 rings (SSSR count). The van der Waals surface area contributed by atoms with Crippen molar-refractivity contribution in [1.82, 2.24) is 21.3 Å². The molecule has 0 radical (unpaired) electrons. The lowest BCUT2D eigenvalue weighted by Gasteiger charge is -2.26. The molecule has 49 heavy (non-hydrogen) atoms. The van der Waals surface area contributed by atoms with Gasteiger partial charge in [-0.25, -0.2) is 0 Å². The first-order valence-electron chi connectivity index (χ1n) is 15.1. The molecule has 6 amide bonds. The number of hydrogen-bond acceptors (Lipinski definition) is 11. The molecular formula is C30H37IN8O10. The molecule has 0 aromatic heterocycles. The van der Waals surface area contributed by atoms with E-state index in [9.17, 15) is 49.1 Å². The maximum absolute atomic E-state index is 13.6. The molecule has 264 valence electrons. The first-order chi connectivity index (χ1) is 23.2. The maximum Gasteiger partial charge on any atom is 0.271 e. The van der Waals surface area contributed by atoms with Crippen molar-refractivity contribution < 1.29 is 43.9 Å². The second-order valence-corrected chi connectivity index (χ2v) is 12.4. The lowest BCUT2D eigenvalue weighted by atomic mass is 10.0. The number of phenolic OH excluding ortho intramolecular Hbond substituents is 1. The summed E-state index contributed by atoms with van der Waals surface area (Å²) in [7, 11) is 0. The SMILES string of the molecule is NC(=O)CC[C@@H]1NC(=O)[C@H](CO)NC(=O)c2cc([N+](=O)[O-])cc(I)c2NCCCC[C@@H](C(N)=O)NC(=O)[C@H](Cc2ccc(O)cc2)NC1=O. The van der Waals surface area contributed by atoms with Gasteiger partial charge in [0, 0.05) is 35.1 Å². The van der Waals surface area contributed by atoms with Gasteiger partial charge in [-0.2, -0.15) is 0 Å². The molecule has 18 nitrogen and oxygen atoms in total. The average molecular weight is 797 g/mol. The minimum atomic E-state index is -1.66. The van der Waals surface area contributed by atoms with Crippen LogP contribution in [0.2, 0.25) is 0 Å². The highest BCUT2D eigenvalue weighted by molar-refractivity contribution is 14.1. The number of phenols is 1. The molecule has 0 saturated carbocycles. The van der Waals surface area contributed by atoms with Crippen LogP contribution in [-0.4, -0.2) is 87.9 Å². The molecule has 4 atom stereocenters. The molecule has 2 aromatic carbocycles. The third-order valence-corrected chi connectivity index (χ3v) is 8.39. The van der Waals surface area contributed by atoms with Crippen molar-refractivity contribution in [2.24, 2.45) is 11.5 Å². The molecule has 0 bridgehead atoms. The normalized spacial score (nSPS) is 21.2. The third kappa shape index (κ3) is 11.3. The molecule has 0 unspecified atom stereocenters. The number of carbonyl (C=O) groups excluding carboxylic acids is 6. The van der Waals surface area contributed by atoms with E-state index in [0.717, 1.165) is 6.07 Å². The van der Waals surface area contributed by atoms with Crippen molar-refractivity contribution in [3.8, 4) is 5.75 Å². The second kappa shape index (κ2) is 17.9. The summed E-state index contributed by atoms with van der Waals surface area (Å²) in [4.78, 5) is 88.6. The Hall–Kier alpha value is -5.05. The van der Waals surface area contributed by atoms with Crippen LogP contribution >= 0.6 is 22.6 Å². The molecule has 11 N–H and O–H groups in total. The van der Waals surface area contributed by atoms with Gasteiger partial charge in [-0.15, -0.1) is 0 Å². The summed E-state index contributed by atoms with van der Waals surface area (Å²) in [6, 6.07) is 2.35. The summed E-state index contributed by atoms with van der Waals surface area (Å²) in [5.41, 5.74) is 11.0. The number of primary amides is 2. The molecule has 1 aliphatic rings. The first kappa shape index (κ1) is 38.4. The van der Waals surface area contributed by atoms with Crippen molar-refractivity contribution in [2.75, 3.05) is 18.5 Å². The number of nitro groups is 1. The van der Waals surface area contributed by atoms with E-state index in [0.29, 0.717) is 22.0 Å². The monoisotopic (exact) mass is 796 g/mol. The zero-order valence-corrected chi connectivity index (χ0v) is 28.2. The first-order valence-corrected chi connectivity index (χ1v) is 16.2. The van der Waals surface area contributed by atoms with E-state index in [1.54, 1.807) is 22.6 Å². The van der Waals surface area contributed by atoms with Gasteiger partial charge in [0.25, 0.3) is 11.6 Å². The highest BCUT2D eigenvalue weighted by Gasteiger charge is 2.32. The van der Waals surface area contributed by atoms with Crippen LogP contribution in [0.5, 0.6) is 5.75 Å². The summed E-state index contributed by atoms with van der Waals surface area (Å²) in [5.74, 6) is -5.43. The summed E-state index contributed by atoms with van der Waals surface area (Å²) >= 11 is 1.80. The molecular weight excluding hydrogens is 759 g/mol. The van der Waals surface area contributed by atoms with E-state index in [4.69, 9.17) is 11.5 Å². The van der Waals surface area contributed by atoms with Crippen LogP contribution in [-0.2, 0) is 30.4 Å². The highest BCUT2D eigenvalue weighted by Crippen LogP contribution is 2.29.